The van der Waals surface area contributed by atoms with Crippen LogP contribution in [0.25, 0.3) is 0 Å². The molecule has 0 fully saturated rings. The summed E-state index contributed by atoms with van der Waals surface area (Å²) in [4.78, 5) is 4.20. The van der Waals surface area contributed by atoms with Gasteiger partial charge in [0, 0.05) is 18.4 Å². The highest BCUT2D eigenvalue weighted by Gasteiger charge is 1.97. The molecule has 0 amide bonds. The molecule has 132 valence electrons. The van der Waals surface area contributed by atoms with E-state index in [1.807, 2.05) is 24.3 Å². The van der Waals surface area contributed by atoms with E-state index in [4.69, 9.17) is 19.9 Å². The Hall–Kier alpha value is -1.06. The first-order valence-corrected chi connectivity index (χ1v) is 7.62. The SMILES string of the molecule is CCCCOCCOCCN=C(N)Nc1cccc(OC)c1.I. The predicted molar refractivity (Wildman–Crippen MR) is 105 cm³/mol. The van der Waals surface area contributed by atoms with Crippen LogP contribution in [0.1, 0.15) is 19.8 Å². The van der Waals surface area contributed by atoms with Gasteiger partial charge in [0.2, 0.25) is 0 Å². The van der Waals surface area contributed by atoms with Crippen LogP contribution in [0, 0.1) is 0 Å². The summed E-state index contributed by atoms with van der Waals surface area (Å²) < 4.78 is 16.0. The van der Waals surface area contributed by atoms with Gasteiger partial charge in [-0.2, -0.15) is 0 Å². The first-order valence-electron chi connectivity index (χ1n) is 7.62. The van der Waals surface area contributed by atoms with Gasteiger partial charge in [-0.25, -0.2) is 0 Å². The van der Waals surface area contributed by atoms with E-state index in [1.165, 1.54) is 0 Å². The Morgan fingerprint density at radius 3 is 2.61 bits per heavy atom. The quantitative estimate of drug-likeness (QED) is 0.241. The summed E-state index contributed by atoms with van der Waals surface area (Å²) >= 11 is 0. The Morgan fingerprint density at radius 2 is 1.91 bits per heavy atom. The van der Waals surface area contributed by atoms with Gasteiger partial charge in [-0.1, -0.05) is 19.4 Å². The molecule has 0 aliphatic heterocycles. The minimum absolute atomic E-state index is 0. The van der Waals surface area contributed by atoms with Crippen molar-refractivity contribution in [1.29, 1.82) is 0 Å². The van der Waals surface area contributed by atoms with Crippen LogP contribution in [0.5, 0.6) is 5.75 Å². The summed E-state index contributed by atoms with van der Waals surface area (Å²) in [6.07, 6.45) is 2.24. The van der Waals surface area contributed by atoms with Gasteiger partial charge in [0.1, 0.15) is 5.75 Å². The standard InChI is InChI=1S/C16H27N3O3.HI/c1-3-4-9-21-11-12-22-10-8-18-16(17)19-14-6-5-7-15(13-14)20-2;/h5-7,13H,3-4,8-12H2,1-2H3,(H3,17,18,19);1H. The lowest BCUT2D eigenvalue weighted by atomic mass is 10.3. The van der Waals surface area contributed by atoms with Gasteiger partial charge in [0.25, 0.3) is 0 Å². The lowest BCUT2D eigenvalue weighted by molar-refractivity contribution is 0.0498. The predicted octanol–water partition coefficient (Wildman–Crippen LogP) is 2.87. The Morgan fingerprint density at radius 1 is 1.17 bits per heavy atom. The van der Waals surface area contributed by atoms with Crippen LogP contribution < -0.4 is 15.8 Å². The number of ether oxygens (including phenoxy) is 3. The molecule has 0 aromatic heterocycles. The summed E-state index contributed by atoms with van der Waals surface area (Å²) in [7, 11) is 1.62. The molecule has 0 saturated carbocycles. The molecule has 1 aromatic carbocycles. The number of halogens is 1. The second-order valence-electron chi connectivity index (χ2n) is 4.70. The molecule has 23 heavy (non-hydrogen) atoms. The van der Waals surface area contributed by atoms with Crippen molar-refractivity contribution >= 4 is 35.6 Å². The normalized spacial score (nSPS) is 11.0. The molecule has 0 aliphatic rings. The lowest BCUT2D eigenvalue weighted by Gasteiger charge is -2.07. The zero-order valence-electron chi connectivity index (χ0n) is 13.9. The highest BCUT2D eigenvalue weighted by atomic mass is 127. The molecule has 0 atom stereocenters. The fourth-order valence-electron chi connectivity index (χ4n) is 1.69. The Kier molecular flexibility index (Phi) is 13.9. The average molecular weight is 437 g/mol. The van der Waals surface area contributed by atoms with Crippen molar-refractivity contribution in [1.82, 2.24) is 0 Å². The Bertz CT molecular complexity index is 444. The van der Waals surface area contributed by atoms with Crippen molar-refractivity contribution < 1.29 is 14.2 Å². The fourth-order valence-corrected chi connectivity index (χ4v) is 1.69. The van der Waals surface area contributed by atoms with E-state index in [9.17, 15) is 0 Å². The number of nitrogens with two attached hydrogens (primary N) is 1. The molecule has 1 rings (SSSR count). The smallest absolute Gasteiger partial charge is 0.193 e. The number of unbranched alkanes of at least 4 members (excludes halogenated alkanes) is 1. The number of rotatable bonds is 11. The number of nitrogens with zero attached hydrogens (tertiary/aromatic N) is 1. The first kappa shape index (κ1) is 21.9. The number of nitrogens with one attached hydrogen (secondary N) is 1. The number of guanidine groups is 1. The number of hydrogen-bond donors (Lipinski definition) is 2. The third kappa shape index (κ3) is 11.2. The highest BCUT2D eigenvalue weighted by Crippen LogP contribution is 2.16. The van der Waals surface area contributed by atoms with E-state index in [0.717, 1.165) is 30.9 Å². The second kappa shape index (κ2) is 14.5. The van der Waals surface area contributed by atoms with Crippen molar-refractivity contribution in [2.75, 3.05) is 45.4 Å². The van der Waals surface area contributed by atoms with Crippen molar-refractivity contribution in [3.8, 4) is 5.75 Å². The minimum atomic E-state index is 0. The zero-order chi connectivity index (χ0) is 16.0. The number of benzene rings is 1. The topological polar surface area (TPSA) is 78.1 Å². The lowest BCUT2D eigenvalue weighted by Crippen LogP contribution is -2.23. The maximum absolute atomic E-state index is 5.81. The summed E-state index contributed by atoms with van der Waals surface area (Å²) in [5.74, 6) is 1.13. The van der Waals surface area contributed by atoms with E-state index in [0.29, 0.717) is 32.3 Å². The van der Waals surface area contributed by atoms with Crippen molar-refractivity contribution in [3.63, 3.8) is 0 Å². The molecule has 0 unspecified atom stereocenters. The maximum atomic E-state index is 5.81. The molecular formula is C16H28IN3O3. The van der Waals surface area contributed by atoms with Gasteiger partial charge in [-0.15, -0.1) is 24.0 Å². The monoisotopic (exact) mass is 437 g/mol. The molecule has 6 nitrogen and oxygen atoms in total. The van der Waals surface area contributed by atoms with E-state index >= 15 is 0 Å². The van der Waals surface area contributed by atoms with Crippen LogP contribution in [0.15, 0.2) is 29.3 Å². The van der Waals surface area contributed by atoms with E-state index < -0.39 is 0 Å². The number of hydrogen-bond acceptors (Lipinski definition) is 4. The number of aliphatic imine (C=N–C) groups is 1. The number of anilines is 1. The van der Waals surface area contributed by atoms with Crippen LogP contribution in [0.4, 0.5) is 5.69 Å². The Labute approximate surface area is 155 Å². The molecule has 0 heterocycles. The van der Waals surface area contributed by atoms with Gasteiger partial charge in [0.05, 0.1) is 33.5 Å². The van der Waals surface area contributed by atoms with Crippen LogP contribution in [0.3, 0.4) is 0 Å². The van der Waals surface area contributed by atoms with Crippen LogP contribution >= 0.6 is 24.0 Å². The molecule has 7 heteroatoms. The molecule has 0 spiro atoms. The molecule has 1 aromatic rings. The second-order valence-corrected chi connectivity index (χ2v) is 4.70. The van der Waals surface area contributed by atoms with Crippen LogP contribution in [0.2, 0.25) is 0 Å². The van der Waals surface area contributed by atoms with Gasteiger partial charge in [-0.05, 0) is 18.6 Å². The molecule has 3 N–H and O–H groups in total. The van der Waals surface area contributed by atoms with Crippen LogP contribution in [-0.2, 0) is 9.47 Å². The summed E-state index contributed by atoms with van der Waals surface area (Å²) in [6.45, 7) is 5.19. The molecule has 0 saturated heterocycles. The number of methoxy groups -OCH3 is 1. The summed E-state index contributed by atoms with van der Waals surface area (Å²) in [5.41, 5.74) is 6.65. The first-order chi connectivity index (χ1) is 10.8. The van der Waals surface area contributed by atoms with Crippen molar-refractivity contribution in [3.05, 3.63) is 24.3 Å². The fraction of sp³-hybridized carbons (Fsp3) is 0.562. The van der Waals surface area contributed by atoms with Crippen molar-refractivity contribution in [2.24, 2.45) is 10.7 Å². The third-order valence-electron chi connectivity index (χ3n) is 2.87. The largest absolute Gasteiger partial charge is 0.497 e. The van der Waals surface area contributed by atoms with Gasteiger partial charge >= 0.3 is 0 Å². The Balaban J connectivity index is 0.00000484. The average Bonchev–Trinajstić information content (AvgIpc) is 2.53. The molecule has 0 bridgehead atoms. The zero-order valence-corrected chi connectivity index (χ0v) is 16.2. The molecule has 0 aliphatic carbocycles. The van der Waals surface area contributed by atoms with Crippen molar-refractivity contribution in [2.45, 2.75) is 19.8 Å². The molecule has 0 radical (unpaired) electrons. The minimum Gasteiger partial charge on any atom is -0.497 e. The van der Waals surface area contributed by atoms with Gasteiger partial charge < -0.3 is 25.3 Å². The van der Waals surface area contributed by atoms with Gasteiger partial charge in [0.15, 0.2) is 5.96 Å². The highest BCUT2D eigenvalue weighted by molar-refractivity contribution is 14.0. The van der Waals surface area contributed by atoms with E-state index in [2.05, 4.69) is 17.2 Å². The van der Waals surface area contributed by atoms with Gasteiger partial charge in [-0.3, -0.25) is 4.99 Å². The van der Waals surface area contributed by atoms with Crippen LogP contribution in [-0.4, -0.2) is 46.0 Å². The molecular weight excluding hydrogens is 409 g/mol. The summed E-state index contributed by atoms with van der Waals surface area (Å²) in [6, 6.07) is 7.51. The van der Waals surface area contributed by atoms with E-state index in [-0.39, 0.29) is 24.0 Å². The van der Waals surface area contributed by atoms with E-state index in [1.54, 1.807) is 7.11 Å². The maximum Gasteiger partial charge on any atom is 0.193 e. The third-order valence-corrected chi connectivity index (χ3v) is 2.87. The summed E-state index contributed by atoms with van der Waals surface area (Å²) in [5, 5.41) is 3.01.